The molecule has 8 heteroatoms. The maximum Gasteiger partial charge on any atom is 0.217 e. The molecule has 104 valence electrons. The van der Waals surface area contributed by atoms with Crippen molar-refractivity contribution in [2.75, 3.05) is 0 Å². The molecule has 1 amide bonds. The van der Waals surface area contributed by atoms with Crippen LogP contribution < -0.4 is 5.32 Å². The molecule has 1 aliphatic rings. The normalized spacial score (nSPS) is 17.2. The zero-order chi connectivity index (χ0) is 15.9. The van der Waals surface area contributed by atoms with Crippen LogP contribution in [0.25, 0.3) is 11.4 Å². The van der Waals surface area contributed by atoms with Crippen LogP contribution in [0.4, 0.5) is 0 Å². The molecule has 1 aromatic carbocycles. The quantitative estimate of drug-likeness (QED) is 0.833. The van der Waals surface area contributed by atoms with Crippen molar-refractivity contribution >= 4 is 29.4 Å². The Morgan fingerprint density at radius 1 is 1.41 bits per heavy atom. The summed E-state index contributed by atoms with van der Waals surface area (Å²) < 4.78 is 4.98. The van der Waals surface area contributed by atoms with Crippen molar-refractivity contribution in [3.63, 3.8) is 0 Å². The Bertz CT molecular complexity index is 724. The molecule has 0 fully saturated rings. The van der Waals surface area contributed by atoms with Crippen molar-refractivity contribution < 1.29 is 9.32 Å². The second-order valence-corrected chi connectivity index (χ2v) is 5.56. The monoisotopic (exact) mass is 287 g/mol. The molecule has 5 nitrogen and oxygen atoms in total. The number of nitrogens with one attached hydrogen (secondary N) is 1. The molecule has 0 aliphatic heterocycles. The van der Waals surface area contributed by atoms with Crippen LogP contribution in [-0.2, 0) is 16.3 Å². The van der Waals surface area contributed by atoms with Crippen molar-refractivity contribution in [1.82, 2.24) is 15.5 Å². The number of rotatable bonds is 3. The lowest BCUT2D eigenvalue weighted by Crippen LogP contribution is -2.27. The Morgan fingerprint density at radius 3 is 2.82 bits per heavy atom. The first-order valence-corrected chi connectivity index (χ1v) is 6.95. The van der Waals surface area contributed by atoms with E-state index in [4.69, 9.17) is 28.1 Å². The number of carbonyl (C=O) groups excluding carboxylic acids is 1. The molecule has 0 saturated heterocycles. The van der Waals surface area contributed by atoms with E-state index in [1.165, 1.54) is 6.92 Å². The summed E-state index contributed by atoms with van der Waals surface area (Å²) in [6.07, 6.45) is 1.76. The third kappa shape index (κ3) is 2.82. The van der Waals surface area contributed by atoms with Gasteiger partial charge in [0.05, 0.1) is 29.6 Å². The second kappa shape index (κ2) is 5.34. The third-order valence-electron chi connectivity index (χ3n) is 3.65. The van der Waals surface area contributed by atoms with E-state index in [2.05, 4.69) is 15.5 Å². The predicted molar refractivity (Wildman–Crippen MR) is 83.6 cm³/mol. The molecule has 1 N–H and O–H groups in total. The Labute approximate surface area is 132 Å². The molecule has 2 aromatic rings. The minimum Gasteiger partial charge on any atom is -0.350 e. The topological polar surface area (TPSA) is 68.0 Å². The van der Waals surface area contributed by atoms with Gasteiger partial charge in [0.25, 0.3) is 0 Å². The highest BCUT2D eigenvalue weighted by Crippen LogP contribution is 2.33. The van der Waals surface area contributed by atoms with Gasteiger partial charge in [-0.15, -0.1) is 0 Å². The van der Waals surface area contributed by atoms with Gasteiger partial charge in [-0.25, -0.2) is 0 Å². The fraction of sp³-hybridized carbons (Fsp3) is 0.357. The Balaban J connectivity index is 1.89. The summed E-state index contributed by atoms with van der Waals surface area (Å²) in [6.45, 7) is 1.52. The summed E-state index contributed by atoms with van der Waals surface area (Å²) in [6, 6.07) is 5.89. The number of carbonyl (C=O) groups is 1. The van der Waals surface area contributed by atoms with Gasteiger partial charge in [-0.3, -0.25) is 4.79 Å². The molecule has 22 heavy (non-hydrogen) atoms. The zero-order valence-electron chi connectivity index (χ0n) is 12.2. The number of fused-ring (bicyclic) bond motifs is 1. The largest absolute Gasteiger partial charge is 0.350 e. The smallest absolute Gasteiger partial charge is 0.217 e. The van der Waals surface area contributed by atoms with Gasteiger partial charge >= 0.3 is 0 Å². The van der Waals surface area contributed by atoms with Crippen molar-refractivity contribution in [2.45, 2.75) is 30.9 Å². The van der Waals surface area contributed by atoms with Gasteiger partial charge in [-0.05, 0) is 30.0 Å². The zero-order valence-corrected chi connectivity index (χ0v) is 12.2. The molecule has 1 heterocycles. The Kier molecular flexibility index (Phi) is 3.63. The predicted octanol–water partition coefficient (Wildman–Crippen LogP) is 0.476. The van der Waals surface area contributed by atoms with Crippen LogP contribution in [0.3, 0.4) is 0 Å². The van der Waals surface area contributed by atoms with Gasteiger partial charge in [0.1, 0.15) is 0 Å². The molecule has 1 atom stereocenters. The molecule has 6 radical (unpaired) electrons. The molecule has 0 bridgehead atoms. The van der Waals surface area contributed by atoms with Gasteiger partial charge in [-0.1, -0.05) is 22.4 Å². The molecule has 0 unspecified atom stereocenters. The number of amides is 1. The first-order chi connectivity index (χ1) is 10.3. The Hall–Kier alpha value is -1.98. The summed E-state index contributed by atoms with van der Waals surface area (Å²) in [5, 5.41) is 5.14. The molecule has 0 spiro atoms. The number of hydrogen-bond donors (Lipinski definition) is 1. The maximum absolute atomic E-state index is 11.2. The van der Waals surface area contributed by atoms with Crippen LogP contribution >= 0.6 is 0 Å². The highest BCUT2D eigenvalue weighted by Gasteiger charge is 2.25. The summed E-state index contributed by atoms with van der Waals surface area (Å²) in [7, 11) is 16.6. The van der Waals surface area contributed by atoms with E-state index in [1.54, 1.807) is 0 Å². The van der Waals surface area contributed by atoms with E-state index in [9.17, 15) is 4.79 Å². The Morgan fingerprint density at radius 2 is 2.18 bits per heavy atom. The minimum atomic E-state index is -1.65. The standard InChI is InChI=1S/C14H12B3N3O2/c1-7(21)18-11-5-3-8-6-9(2-4-10(8)11)12-19-13(22-20-12)14(15,16)17/h2,4,6,11H,3,5H2,1H3,(H,18,21)/t11-/m1/s1. The summed E-state index contributed by atoms with van der Waals surface area (Å²) in [4.78, 5) is 15.3. The van der Waals surface area contributed by atoms with E-state index in [0.717, 1.165) is 29.5 Å². The van der Waals surface area contributed by atoms with Crippen LogP contribution in [0, 0.1) is 0 Å². The van der Waals surface area contributed by atoms with Gasteiger partial charge in [0.2, 0.25) is 17.6 Å². The first-order valence-electron chi connectivity index (χ1n) is 6.95. The van der Waals surface area contributed by atoms with Crippen LogP contribution in [0.15, 0.2) is 22.7 Å². The van der Waals surface area contributed by atoms with Gasteiger partial charge in [0, 0.05) is 12.5 Å². The summed E-state index contributed by atoms with van der Waals surface area (Å²) >= 11 is 0. The lowest BCUT2D eigenvalue weighted by atomic mass is 9.42. The molecule has 1 aliphatic carbocycles. The van der Waals surface area contributed by atoms with Crippen molar-refractivity contribution in [3.8, 4) is 11.4 Å². The second-order valence-electron chi connectivity index (χ2n) is 5.56. The minimum absolute atomic E-state index is 0.0286. The lowest BCUT2D eigenvalue weighted by molar-refractivity contribution is -0.119. The van der Waals surface area contributed by atoms with Crippen molar-refractivity contribution in [2.24, 2.45) is 0 Å². The summed E-state index contributed by atoms with van der Waals surface area (Å²) in [5.41, 5.74) is 3.07. The van der Waals surface area contributed by atoms with Gasteiger partial charge < -0.3 is 9.84 Å². The van der Waals surface area contributed by atoms with E-state index in [-0.39, 0.29) is 17.8 Å². The number of nitrogens with zero attached hydrogens (tertiary/aromatic N) is 2. The van der Waals surface area contributed by atoms with Crippen LogP contribution in [0.1, 0.15) is 36.4 Å². The fourth-order valence-electron chi connectivity index (χ4n) is 2.67. The molecule has 0 saturated carbocycles. The molecule has 1 aromatic heterocycles. The van der Waals surface area contributed by atoms with Gasteiger partial charge in [-0.2, -0.15) is 4.98 Å². The number of aromatic nitrogens is 2. The van der Waals surface area contributed by atoms with E-state index in [1.807, 2.05) is 18.2 Å². The average molecular weight is 287 g/mol. The van der Waals surface area contributed by atoms with E-state index < -0.39 is 5.11 Å². The molecule has 3 rings (SSSR count). The van der Waals surface area contributed by atoms with E-state index >= 15 is 0 Å². The number of hydrogen-bond acceptors (Lipinski definition) is 4. The highest BCUT2D eigenvalue weighted by atomic mass is 16.5. The van der Waals surface area contributed by atoms with E-state index in [0.29, 0.717) is 5.82 Å². The van der Waals surface area contributed by atoms with Crippen LogP contribution in [-0.4, -0.2) is 39.6 Å². The SMILES string of the molecule is [B]C([B])([B])c1nc(-c2ccc3c(c2)CC[C@H]3NC(C)=O)no1. The lowest BCUT2D eigenvalue weighted by Gasteiger charge is -2.12. The van der Waals surface area contributed by atoms with Crippen molar-refractivity contribution in [3.05, 3.63) is 35.2 Å². The average Bonchev–Trinajstić information content (AvgIpc) is 3.04. The number of benzene rings is 1. The fourth-order valence-corrected chi connectivity index (χ4v) is 2.67. The molecular formula is C14H12B3N3O2. The van der Waals surface area contributed by atoms with Gasteiger partial charge in [0.15, 0.2) is 0 Å². The number of aryl methyl sites for hydroxylation is 1. The maximum atomic E-state index is 11.2. The summed E-state index contributed by atoms with van der Waals surface area (Å²) in [5.74, 6) is 0.320. The third-order valence-corrected chi connectivity index (χ3v) is 3.65. The molecular weight excluding hydrogens is 275 g/mol. The highest BCUT2D eigenvalue weighted by molar-refractivity contribution is 6.58. The van der Waals surface area contributed by atoms with Crippen LogP contribution in [0.2, 0.25) is 0 Å². The van der Waals surface area contributed by atoms with Crippen LogP contribution in [0.5, 0.6) is 0 Å². The van der Waals surface area contributed by atoms with Crippen molar-refractivity contribution in [1.29, 1.82) is 0 Å². The first kappa shape index (κ1) is 14.9.